The molecule has 3 rings (SSSR count). The van der Waals surface area contributed by atoms with Crippen LogP contribution in [0.3, 0.4) is 0 Å². The van der Waals surface area contributed by atoms with Gasteiger partial charge in [0.15, 0.2) is 11.6 Å². The molecule has 1 aliphatic heterocycles. The molecule has 0 unspecified atom stereocenters. The van der Waals surface area contributed by atoms with Gasteiger partial charge in [-0.2, -0.15) is 4.31 Å². The van der Waals surface area contributed by atoms with Gasteiger partial charge in [0.25, 0.3) is 15.9 Å². The van der Waals surface area contributed by atoms with E-state index in [0.29, 0.717) is 35.9 Å². The number of carbonyl (C=O) groups is 2. The lowest BCUT2D eigenvalue weighted by Crippen LogP contribution is -2.41. The van der Waals surface area contributed by atoms with Crippen LogP contribution in [-0.2, 0) is 31.4 Å². The smallest absolute Gasteiger partial charge is 0.309 e. The second kappa shape index (κ2) is 10.2. The summed E-state index contributed by atoms with van der Waals surface area (Å²) in [5, 5.41) is 2.62. The maximum atomic E-state index is 12.8. The second-order valence-electron chi connectivity index (χ2n) is 7.67. The summed E-state index contributed by atoms with van der Waals surface area (Å²) in [6.45, 7) is 1.62. The Morgan fingerprint density at radius 3 is 2.24 bits per heavy atom. The van der Waals surface area contributed by atoms with Crippen LogP contribution < -0.4 is 14.8 Å². The highest BCUT2D eigenvalue weighted by Gasteiger charge is 2.34. The van der Waals surface area contributed by atoms with Crippen molar-refractivity contribution in [3.05, 3.63) is 30.2 Å². The molecule has 2 heterocycles. The van der Waals surface area contributed by atoms with Gasteiger partial charge in [-0.15, -0.1) is 0 Å². The molecule has 1 aromatic carbocycles. The third-order valence-electron chi connectivity index (χ3n) is 5.46. The second-order valence-corrected chi connectivity index (χ2v) is 9.56. The van der Waals surface area contributed by atoms with Gasteiger partial charge in [0.2, 0.25) is 0 Å². The molecule has 0 spiro atoms. The number of methoxy groups -OCH3 is 2. The van der Waals surface area contributed by atoms with Gasteiger partial charge in [0.05, 0.1) is 20.1 Å². The number of aromatic nitrogens is 2. The minimum atomic E-state index is -3.72. The Balaban J connectivity index is 1.50. The number of carbonyl (C=O) groups excluding carboxylic acids is 2. The van der Waals surface area contributed by atoms with Gasteiger partial charge in [-0.3, -0.25) is 9.59 Å². The first-order chi connectivity index (χ1) is 15.6. The van der Waals surface area contributed by atoms with Crippen molar-refractivity contribution in [1.29, 1.82) is 0 Å². The molecule has 0 radical (unpaired) electrons. The van der Waals surface area contributed by atoms with E-state index in [1.807, 2.05) is 0 Å². The lowest BCUT2D eigenvalue weighted by molar-refractivity contribution is -0.152. The Hall–Kier alpha value is -3.12. The van der Waals surface area contributed by atoms with Crippen molar-refractivity contribution in [2.45, 2.75) is 24.8 Å². The summed E-state index contributed by atoms with van der Waals surface area (Å²) in [5.74, 6) is 0.0843. The average molecular weight is 481 g/mol. The van der Waals surface area contributed by atoms with Gasteiger partial charge >= 0.3 is 5.97 Å². The van der Waals surface area contributed by atoms with E-state index in [4.69, 9.17) is 14.2 Å². The van der Waals surface area contributed by atoms with Crippen LogP contribution in [0.5, 0.6) is 11.5 Å². The molecule has 33 heavy (non-hydrogen) atoms. The lowest BCUT2D eigenvalue weighted by Gasteiger charge is -2.29. The summed E-state index contributed by atoms with van der Waals surface area (Å²) in [4.78, 5) is 28.7. The Labute approximate surface area is 192 Å². The molecular weight excluding hydrogens is 452 g/mol. The van der Waals surface area contributed by atoms with E-state index in [-0.39, 0.29) is 18.1 Å². The summed E-state index contributed by atoms with van der Waals surface area (Å²) in [5.41, 5.74) is 0.440. The first-order valence-corrected chi connectivity index (χ1v) is 11.8. The zero-order valence-corrected chi connectivity index (χ0v) is 19.8. The number of imidazole rings is 1. The van der Waals surface area contributed by atoms with E-state index in [9.17, 15) is 18.0 Å². The van der Waals surface area contributed by atoms with Crippen LogP contribution in [-0.4, -0.2) is 68.1 Å². The van der Waals surface area contributed by atoms with Crippen molar-refractivity contribution in [1.82, 2.24) is 13.9 Å². The zero-order valence-electron chi connectivity index (χ0n) is 19.0. The highest BCUT2D eigenvalue weighted by molar-refractivity contribution is 7.89. The monoisotopic (exact) mass is 480 g/mol. The topological polar surface area (TPSA) is 129 Å². The number of anilines is 1. The highest BCUT2D eigenvalue weighted by atomic mass is 32.2. The molecule has 0 atom stereocenters. The molecule has 1 saturated heterocycles. The van der Waals surface area contributed by atoms with Crippen molar-refractivity contribution in [3.8, 4) is 11.5 Å². The number of nitrogens with one attached hydrogen (secondary N) is 1. The number of sulfonamides is 1. The average Bonchev–Trinajstić information content (AvgIpc) is 3.16. The summed E-state index contributed by atoms with van der Waals surface area (Å²) in [6, 6.07) is 4.89. The molecule has 0 bridgehead atoms. The highest BCUT2D eigenvalue weighted by Crippen LogP contribution is 2.26. The maximum Gasteiger partial charge on any atom is 0.309 e. The normalized spacial score (nSPS) is 15.2. The third-order valence-corrected chi connectivity index (χ3v) is 7.23. The summed E-state index contributed by atoms with van der Waals surface area (Å²) in [7, 11) is 0.999. The molecule has 0 aliphatic carbocycles. The predicted molar refractivity (Wildman–Crippen MR) is 119 cm³/mol. The molecule has 1 N–H and O–H groups in total. The van der Waals surface area contributed by atoms with Crippen LogP contribution in [0.4, 0.5) is 5.69 Å². The first-order valence-electron chi connectivity index (χ1n) is 10.3. The van der Waals surface area contributed by atoms with Crippen LogP contribution >= 0.6 is 0 Å². The molecule has 0 saturated carbocycles. The van der Waals surface area contributed by atoms with Crippen molar-refractivity contribution in [3.63, 3.8) is 0 Å². The number of rotatable bonds is 8. The summed E-state index contributed by atoms with van der Waals surface area (Å²) < 4.78 is 44.0. The fourth-order valence-corrected chi connectivity index (χ4v) is 4.94. The van der Waals surface area contributed by atoms with Crippen LogP contribution in [0.25, 0.3) is 0 Å². The van der Waals surface area contributed by atoms with Gasteiger partial charge in [-0.1, -0.05) is 0 Å². The number of piperidine rings is 1. The SMILES string of the molecule is COc1cc(NC(=O)COC(=O)C2CCN(S(=O)(=O)c3cn(C)c(C)n3)CC2)cc(OC)c1. The van der Waals surface area contributed by atoms with Crippen molar-refractivity contribution in [2.24, 2.45) is 13.0 Å². The third kappa shape index (κ3) is 5.82. The minimum absolute atomic E-state index is 0.00521. The first kappa shape index (κ1) is 24.5. The van der Waals surface area contributed by atoms with E-state index in [1.54, 1.807) is 36.7 Å². The van der Waals surface area contributed by atoms with E-state index in [0.717, 1.165) is 0 Å². The quantitative estimate of drug-likeness (QED) is 0.560. The van der Waals surface area contributed by atoms with Gasteiger partial charge in [0.1, 0.15) is 17.3 Å². The van der Waals surface area contributed by atoms with Crippen molar-refractivity contribution in [2.75, 3.05) is 39.2 Å². The van der Waals surface area contributed by atoms with Crippen LogP contribution in [0.2, 0.25) is 0 Å². The number of ether oxygens (including phenoxy) is 3. The van der Waals surface area contributed by atoms with Crippen molar-refractivity contribution >= 4 is 27.6 Å². The number of hydrogen-bond donors (Lipinski definition) is 1. The van der Waals surface area contributed by atoms with Crippen LogP contribution in [0.1, 0.15) is 18.7 Å². The van der Waals surface area contributed by atoms with Crippen LogP contribution in [0.15, 0.2) is 29.4 Å². The Kier molecular flexibility index (Phi) is 7.59. The minimum Gasteiger partial charge on any atom is -0.497 e. The molecule has 1 aliphatic rings. The molecule has 1 fully saturated rings. The number of aryl methyl sites for hydroxylation is 2. The van der Waals surface area contributed by atoms with E-state index in [2.05, 4.69) is 10.3 Å². The molecule has 2 aromatic rings. The molecule has 11 nitrogen and oxygen atoms in total. The van der Waals surface area contributed by atoms with E-state index in [1.165, 1.54) is 24.7 Å². The predicted octanol–water partition coefficient (Wildman–Crippen LogP) is 1.33. The molecule has 1 aromatic heterocycles. The molecule has 1 amide bonds. The number of esters is 1. The van der Waals surface area contributed by atoms with Gasteiger partial charge in [-0.25, -0.2) is 13.4 Å². The number of amides is 1. The van der Waals surface area contributed by atoms with Crippen molar-refractivity contribution < 1.29 is 32.2 Å². The van der Waals surface area contributed by atoms with Gasteiger partial charge in [-0.05, 0) is 19.8 Å². The Morgan fingerprint density at radius 2 is 1.73 bits per heavy atom. The van der Waals surface area contributed by atoms with Gasteiger partial charge < -0.3 is 24.1 Å². The molecular formula is C21H28N4O7S. The molecule has 180 valence electrons. The Bertz CT molecular complexity index is 1080. The van der Waals surface area contributed by atoms with E-state index < -0.39 is 34.4 Å². The van der Waals surface area contributed by atoms with Gasteiger partial charge in [0, 0.05) is 50.2 Å². The summed E-state index contributed by atoms with van der Waals surface area (Å²) >= 11 is 0. The molecule has 12 heteroatoms. The number of hydrogen-bond acceptors (Lipinski definition) is 8. The zero-order chi connectivity index (χ0) is 24.2. The summed E-state index contributed by atoms with van der Waals surface area (Å²) in [6.07, 6.45) is 2.08. The van der Waals surface area contributed by atoms with E-state index >= 15 is 0 Å². The Morgan fingerprint density at radius 1 is 1.12 bits per heavy atom. The maximum absolute atomic E-state index is 12.8. The number of benzene rings is 1. The van der Waals surface area contributed by atoms with Crippen LogP contribution in [0, 0.1) is 12.8 Å². The fraction of sp³-hybridized carbons (Fsp3) is 0.476. The number of nitrogens with zero attached hydrogens (tertiary/aromatic N) is 3. The lowest BCUT2D eigenvalue weighted by atomic mass is 9.98. The largest absolute Gasteiger partial charge is 0.497 e. The fourth-order valence-electron chi connectivity index (χ4n) is 3.45. The standard InChI is InChI=1S/C21H28N4O7S/c1-14-22-20(12-24(14)2)33(28,29)25-7-5-15(6-8-25)21(27)32-13-19(26)23-16-9-17(30-3)11-18(10-16)31-4/h9-12,15H,5-8,13H2,1-4H3,(H,23,26).